The average molecular weight is 200 g/mol. The number of halogens is 1. The highest BCUT2D eigenvalue weighted by atomic mass is 35.5. The minimum atomic E-state index is -0.0160. The van der Waals surface area contributed by atoms with Crippen LogP contribution in [0, 0.1) is 0 Å². The molecule has 0 amide bonds. The summed E-state index contributed by atoms with van der Waals surface area (Å²) in [4.78, 5) is 8.30. The van der Waals surface area contributed by atoms with E-state index >= 15 is 0 Å². The van der Waals surface area contributed by atoms with E-state index in [1.165, 1.54) is 0 Å². The first-order valence-electron chi connectivity index (χ1n) is 4.13. The van der Waals surface area contributed by atoms with Crippen molar-refractivity contribution in [1.29, 1.82) is 0 Å². The van der Waals surface area contributed by atoms with E-state index in [9.17, 15) is 0 Å². The smallest absolute Gasteiger partial charge is 0.145 e. The molecule has 0 aromatic carbocycles. The van der Waals surface area contributed by atoms with Crippen molar-refractivity contribution in [3.8, 4) is 0 Å². The lowest BCUT2D eigenvalue weighted by atomic mass is 9.92. The topological polar surface area (TPSA) is 51.8 Å². The van der Waals surface area contributed by atoms with Gasteiger partial charge in [-0.3, -0.25) is 0 Å². The second-order valence-corrected chi connectivity index (χ2v) is 4.25. The van der Waals surface area contributed by atoms with Gasteiger partial charge in [0.25, 0.3) is 0 Å². The fourth-order valence-electron chi connectivity index (χ4n) is 0.962. The van der Waals surface area contributed by atoms with E-state index in [-0.39, 0.29) is 5.41 Å². The summed E-state index contributed by atoms with van der Waals surface area (Å²) in [6.45, 7) is 6.23. The predicted octanol–water partition coefficient (Wildman–Crippen LogP) is 2.10. The van der Waals surface area contributed by atoms with E-state index in [0.717, 1.165) is 5.69 Å². The average Bonchev–Trinajstić information content (AvgIpc) is 2.01. The lowest BCUT2D eigenvalue weighted by molar-refractivity contribution is 0.564. The van der Waals surface area contributed by atoms with Gasteiger partial charge in [0.1, 0.15) is 11.6 Å². The Hall–Kier alpha value is -0.830. The normalized spacial score (nSPS) is 11.7. The highest BCUT2D eigenvalue weighted by Gasteiger charge is 2.16. The molecular formula is C9H14ClN3. The monoisotopic (exact) mass is 199 g/mol. The molecule has 0 saturated carbocycles. The van der Waals surface area contributed by atoms with Gasteiger partial charge in [0.15, 0.2) is 0 Å². The zero-order valence-corrected chi connectivity index (χ0v) is 8.89. The molecule has 0 aliphatic heterocycles. The van der Waals surface area contributed by atoms with Crippen LogP contribution in [0.1, 0.15) is 32.3 Å². The Bertz CT molecular complexity index is 304. The Morgan fingerprint density at radius 2 is 2.00 bits per heavy atom. The van der Waals surface area contributed by atoms with Crippen molar-refractivity contribution in [1.82, 2.24) is 9.97 Å². The van der Waals surface area contributed by atoms with Crippen LogP contribution in [0.25, 0.3) is 0 Å². The van der Waals surface area contributed by atoms with E-state index in [1.807, 2.05) is 0 Å². The van der Waals surface area contributed by atoms with E-state index in [0.29, 0.717) is 17.5 Å². The Labute approximate surface area is 83.3 Å². The van der Waals surface area contributed by atoms with Crippen molar-refractivity contribution in [3.05, 3.63) is 17.6 Å². The van der Waals surface area contributed by atoms with Crippen molar-refractivity contribution >= 4 is 17.4 Å². The third-order valence-corrected chi connectivity index (χ3v) is 1.92. The molecule has 0 aliphatic carbocycles. The van der Waals surface area contributed by atoms with Crippen molar-refractivity contribution < 1.29 is 0 Å². The summed E-state index contributed by atoms with van der Waals surface area (Å²) in [5.41, 5.74) is 6.53. The number of rotatable bonds is 1. The molecule has 72 valence electrons. The van der Waals surface area contributed by atoms with Crippen LogP contribution in [-0.4, -0.2) is 9.97 Å². The van der Waals surface area contributed by atoms with Crippen LogP contribution in [0.3, 0.4) is 0 Å². The van der Waals surface area contributed by atoms with Gasteiger partial charge in [-0.2, -0.15) is 0 Å². The molecule has 0 unspecified atom stereocenters. The first kappa shape index (κ1) is 10.3. The molecule has 1 rings (SSSR count). The summed E-state index contributed by atoms with van der Waals surface area (Å²) in [7, 11) is 0. The van der Waals surface area contributed by atoms with Crippen LogP contribution >= 0.6 is 11.6 Å². The van der Waals surface area contributed by atoms with Crippen molar-refractivity contribution in [2.24, 2.45) is 0 Å². The molecule has 0 aliphatic rings. The maximum Gasteiger partial charge on any atom is 0.145 e. The van der Waals surface area contributed by atoms with Crippen molar-refractivity contribution in [2.75, 3.05) is 5.73 Å². The summed E-state index contributed by atoms with van der Waals surface area (Å²) < 4.78 is 0. The van der Waals surface area contributed by atoms with Crippen LogP contribution in [0.15, 0.2) is 6.07 Å². The Balaban J connectivity index is 3.16. The van der Waals surface area contributed by atoms with E-state index in [2.05, 4.69) is 30.7 Å². The van der Waals surface area contributed by atoms with Gasteiger partial charge in [-0.05, 0) is 0 Å². The molecule has 0 radical (unpaired) electrons. The highest BCUT2D eigenvalue weighted by molar-refractivity contribution is 6.16. The Morgan fingerprint density at radius 1 is 1.38 bits per heavy atom. The maximum atomic E-state index is 5.64. The zero-order chi connectivity index (χ0) is 10.1. The fraction of sp³-hybridized carbons (Fsp3) is 0.556. The lowest BCUT2D eigenvalue weighted by Crippen LogP contribution is -2.16. The number of aromatic nitrogens is 2. The molecule has 0 spiro atoms. The zero-order valence-electron chi connectivity index (χ0n) is 8.13. The van der Waals surface area contributed by atoms with Gasteiger partial charge >= 0.3 is 0 Å². The van der Waals surface area contributed by atoms with Crippen LogP contribution in [0.2, 0.25) is 0 Å². The van der Waals surface area contributed by atoms with Gasteiger partial charge in [0.05, 0.1) is 11.6 Å². The van der Waals surface area contributed by atoms with Crippen molar-refractivity contribution in [2.45, 2.75) is 32.1 Å². The minimum absolute atomic E-state index is 0.0160. The number of hydrogen-bond acceptors (Lipinski definition) is 3. The predicted molar refractivity (Wildman–Crippen MR) is 54.7 cm³/mol. The number of anilines is 1. The van der Waals surface area contributed by atoms with Gasteiger partial charge in [-0.15, -0.1) is 11.6 Å². The molecule has 0 bridgehead atoms. The van der Waals surface area contributed by atoms with Crippen LogP contribution in [0.4, 0.5) is 5.82 Å². The molecule has 0 fully saturated rings. The van der Waals surface area contributed by atoms with Gasteiger partial charge in [0, 0.05) is 11.5 Å². The first-order valence-corrected chi connectivity index (χ1v) is 4.67. The molecule has 13 heavy (non-hydrogen) atoms. The molecule has 0 atom stereocenters. The van der Waals surface area contributed by atoms with Gasteiger partial charge < -0.3 is 5.73 Å². The molecular weight excluding hydrogens is 186 g/mol. The second-order valence-electron chi connectivity index (χ2n) is 3.98. The van der Waals surface area contributed by atoms with E-state index in [1.54, 1.807) is 6.07 Å². The highest BCUT2D eigenvalue weighted by Crippen LogP contribution is 2.21. The molecule has 1 heterocycles. The minimum Gasteiger partial charge on any atom is -0.384 e. The Kier molecular flexibility index (Phi) is 2.76. The van der Waals surface area contributed by atoms with Gasteiger partial charge in [0.2, 0.25) is 0 Å². The standard InChI is InChI=1S/C9H14ClN3/c1-9(2,3)6-4-7(11)13-8(5-10)12-6/h4H,5H2,1-3H3,(H2,11,12,13). The second kappa shape index (κ2) is 3.50. The molecule has 1 aromatic heterocycles. The molecule has 0 saturated heterocycles. The summed E-state index contributed by atoms with van der Waals surface area (Å²) in [5.74, 6) is 1.37. The quantitative estimate of drug-likeness (QED) is 0.705. The number of alkyl halides is 1. The summed E-state index contributed by atoms with van der Waals surface area (Å²) in [5, 5.41) is 0. The molecule has 3 nitrogen and oxygen atoms in total. The summed E-state index contributed by atoms with van der Waals surface area (Å²) in [6, 6.07) is 1.79. The summed E-state index contributed by atoms with van der Waals surface area (Å²) in [6.07, 6.45) is 0. The first-order chi connectivity index (χ1) is 5.93. The number of hydrogen-bond donors (Lipinski definition) is 1. The van der Waals surface area contributed by atoms with Crippen LogP contribution < -0.4 is 5.73 Å². The van der Waals surface area contributed by atoms with Crippen molar-refractivity contribution in [3.63, 3.8) is 0 Å². The molecule has 2 N–H and O–H groups in total. The number of nitrogens with zero attached hydrogens (tertiary/aromatic N) is 2. The summed E-state index contributed by atoms with van der Waals surface area (Å²) >= 11 is 5.64. The van der Waals surface area contributed by atoms with Gasteiger partial charge in [-0.25, -0.2) is 9.97 Å². The van der Waals surface area contributed by atoms with Crippen LogP contribution in [-0.2, 0) is 11.3 Å². The van der Waals surface area contributed by atoms with E-state index < -0.39 is 0 Å². The SMILES string of the molecule is CC(C)(C)c1cc(N)nc(CCl)n1. The largest absolute Gasteiger partial charge is 0.384 e. The van der Waals surface area contributed by atoms with Gasteiger partial charge in [-0.1, -0.05) is 20.8 Å². The third-order valence-electron chi connectivity index (χ3n) is 1.68. The maximum absolute atomic E-state index is 5.64. The number of nitrogens with two attached hydrogens (primary N) is 1. The Morgan fingerprint density at radius 3 is 2.46 bits per heavy atom. The lowest BCUT2D eigenvalue weighted by Gasteiger charge is -2.18. The molecule has 1 aromatic rings. The van der Waals surface area contributed by atoms with Crippen LogP contribution in [0.5, 0.6) is 0 Å². The fourth-order valence-corrected chi connectivity index (χ4v) is 1.08. The molecule has 4 heteroatoms. The number of nitrogen functional groups attached to an aromatic ring is 1. The third kappa shape index (κ3) is 2.56. The van der Waals surface area contributed by atoms with E-state index in [4.69, 9.17) is 17.3 Å².